The van der Waals surface area contributed by atoms with Crippen molar-refractivity contribution >= 4 is 21.4 Å². The lowest BCUT2D eigenvalue weighted by Crippen LogP contribution is -2.16. The highest BCUT2D eigenvalue weighted by Gasteiger charge is 2.21. The van der Waals surface area contributed by atoms with Crippen LogP contribution in [0.4, 0.5) is 11.4 Å². The summed E-state index contributed by atoms with van der Waals surface area (Å²) in [5.74, 6) is 0. The van der Waals surface area contributed by atoms with Crippen molar-refractivity contribution < 1.29 is 18.4 Å². The van der Waals surface area contributed by atoms with E-state index < -0.39 is 25.5 Å². The zero-order valence-electron chi connectivity index (χ0n) is 8.66. The number of nitro benzene ring substituents is 1. The lowest BCUT2D eigenvalue weighted by molar-refractivity contribution is -0.385. The molecule has 1 rings (SSSR count). The average molecular weight is 261 g/mol. The number of nitrogen functional groups attached to an aromatic ring is 1. The van der Waals surface area contributed by atoms with E-state index in [-0.39, 0.29) is 24.3 Å². The fourth-order valence-corrected chi connectivity index (χ4v) is 2.06. The predicted octanol–water partition coefficient (Wildman–Crippen LogP) is -0.641. The van der Waals surface area contributed by atoms with Crippen LogP contribution in [0.5, 0.6) is 0 Å². The van der Waals surface area contributed by atoms with Gasteiger partial charge in [-0.1, -0.05) is 0 Å². The molecule has 0 atom stereocenters. The van der Waals surface area contributed by atoms with Gasteiger partial charge in [0.25, 0.3) is 5.69 Å². The minimum absolute atomic E-state index is 0.00995. The number of nitrogens with two attached hydrogens (primary N) is 2. The first-order valence-corrected chi connectivity index (χ1v) is 6.02. The number of primary sulfonamides is 1. The fraction of sp³-hybridized carbons (Fsp3) is 0.250. The quantitative estimate of drug-likeness (QED) is 0.372. The van der Waals surface area contributed by atoms with Crippen LogP contribution in [0.15, 0.2) is 17.0 Å². The Morgan fingerprint density at radius 1 is 1.41 bits per heavy atom. The maximum atomic E-state index is 11.2. The molecular formula is C8H11N3O5S. The van der Waals surface area contributed by atoms with E-state index in [9.17, 15) is 18.5 Å². The monoisotopic (exact) mass is 261 g/mol. The molecule has 0 bridgehead atoms. The number of non-ortho nitro benzene ring substituents is 1. The zero-order valence-corrected chi connectivity index (χ0v) is 9.48. The Morgan fingerprint density at radius 2 is 2.00 bits per heavy atom. The van der Waals surface area contributed by atoms with Crippen LogP contribution < -0.4 is 10.9 Å². The van der Waals surface area contributed by atoms with Gasteiger partial charge in [-0.15, -0.1) is 0 Å². The first kappa shape index (κ1) is 13.4. The van der Waals surface area contributed by atoms with Gasteiger partial charge in [0.1, 0.15) is 4.90 Å². The summed E-state index contributed by atoms with van der Waals surface area (Å²) in [6, 6.07) is 1.91. The third-order valence-electron chi connectivity index (χ3n) is 2.11. The lowest BCUT2D eigenvalue weighted by Gasteiger charge is -2.08. The van der Waals surface area contributed by atoms with Crippen LogP contribution in [0, 0.1) is 10.1 Å². The van der Waals surface area contributed by atoms with Gasteiger partial charge >= 0.3 is 0 Å². The Balaban J connectivity index is 3.54. The van der Waals surface area contributed by atoms with Crippen LogP contribution in [-0.4, -0.2) is 25.1 Å². The van der Waals surface area contributed by atoms with Crippen molar-refractivity contribution in [3.8, 4) is 0 Å². The molecule has 0 heterocycles. The van der Waals surface area contributed by atoms with Gasteiger partial charge in [-0.3, -0.25) is 10.1 Å². The number of hydrogen-bond donors (Lipinski definition) is 3. The van der Waals surface area contributed by atoms with Crippen LogP contribution in [0.2, 0.25) is 0 Å². The molecule has 0 aromatic heterocycles. The molecule has 0 aliphatic rings. The molecule has 1 aromatic carbocycles. The molecule has 0 spiro atoms. The molecule has 94 valence electrons. The van der Waals surface area contributed by atoms with E-state index in [4.69, 9.17) is 16.0 Å². The number of aliphatic hydroxyl groups is 1. The molecule has 0 saturated heterocycles. The summed E-state index contributed by atoms with van der Waals surface area (Å²) in [5.41, 5.74) is 5.09. The van der Waals surface area contributed by atoms with Gasteiger partial charge < -0.3 is 10.8 Å². The Bertz CT molecular complexity index is 555. The van der Waals surface area contributed by atoms with Crippen molar-refractivity contribution in [2.24, 2.45) is 5.14 Å². The molecule has 1 aromatic rings. The Morgan fingerprint density at radius 3 is 2.41 bits per heavy atom. The zero-order chi connectivity index (χ0) is 13.2. The molecule has 5 N–H and O–H groups in total. The van der Waals surface area contributed by atoms with E-state index >= 15 is 0 Å². The average Bonchev–Trinajstić information content (AvgIpc) is 2.19. The van der Waals surface area contributed by atoms with E-state index in [1.807, 2.05) is 0 Å². The smallest absolute Gasteiger partial charge is 0.271 e. The maximum absolute atomic E-state index is 11.2. The lowest BCUT2D eigenvalue weighted by atomic mass is 10.1. The van der Waals surface area contributed by atoms with Gasteiger partial charge in [0.05, 0.1) is 10.6 Å². The Kier molecular flexibility index (Phi) is 3.66. The predicted molar refractivity (Wildman–Crippen MR) is 59.7 cm³/mol. The standard InChI is InChI=1S/C8H11N3O5S/c9-8-5(1-2-12)3-6(11(13)14)4-7(8)17(10,15)16/h3-4,12H,1-2,9H2,(H2,10,15,16). The van der Waals surface area contributed by atoms with Gasteiger partial charge in [-0.05, 0) is 12.0 Å². The van der Waals surface area contributed by atoms with Crippen LogP contribution in [0.1, 0.15) is 5.56 Å². The van der Waals surface area contributed by atoms with Crippen LogP contribution in [-0.2, 0) is 16.4 Å². The van der Waals surface area contributed by atoms with Gasteiger partial charge in [0.15, 0.2) is 0 Å². The molecule has 0 saturated carbocycles. The van der Waals surface area contributed by atoms with Crippen molar-refractivity contribution in [1.29, 1.82) is 0 Å². The molecule has 0 radical (unpaired) electrons. The first-order chi connectivity index (χ1) is 7.77. The second kappa shape index (κ2) is 4.65. The third kappa shape index (κ3) is 2.90. The van der Waals surface area contributed by atoms with Gasteiger partial charge in [-0.25, -0.2) is 13.6 Å². The fourth-order valence-electron chi connectivity index (χ4n) is 1.34. The molecular weight excluding hydrogens is 250 g/mol. The summed E-state index contributed by atoms with van der Waals surface area (Å²) in [6.45, 7) is -0.310. The van der Waals surface area contributed by atoms with Crippen molar-refractivity contribution in [1.82, 2.24) is 0 Å². The van der Waals surface area contributed by atoms with Crippen LogP contribution >= 0.6 is 0 Å². The molecule has 0 unspecified atom stereocenters. The van der Waals surface area contributed by atoms with E-state index in [0.29, 0.717) is 0 Å². The second-order valence-corrected chi connectivity index (χ2v) is 4.82. The largest absolute Gasteiger partial charge is 0.397 e. The van der Waals surface area contributed by atoms with Gasteiger partial charge in [0.2, 0.25) is 10.0 Å². The van der Waals surface area contributed by atoms with Crippen molar-refractivity contribution in [2.45, 2.75) is 11.3 Å². The third-order valence-corrected chi connectivity index (χ3v) is 3.06. The molecule has 17 heavy (non-hydrogen) atoms. The minimum Gasteiger partial charge on any atom is -0.397 e. The minimum atomic E-state index is -4.14. The number of hydrogen-bond acceptors (Lipinski definition) is 6. The number of nitrogens with zero attached hydrogens (tertiary/aromatic N) is 1. The highest BCUT2D eigenvalue weighted by molar-refractivity contribution is 7.89. The molecule has 0 aliphatic heterocycles. The number of anilines is 1. The number of sulfonamides is 1. The van der Waals surface area contributed by atoms with Crippen molar-refractivity contribution in [3.05, 3.63) is 27.8 Å². The van der Waals surface area contributed by atoms with Crippen LogP contribution in [0.25, 0.3) is 0 Å². The Labute approximate surface area is 97.0 Å². The van der Waals surface area contributed by atoms with E-state index in [0.717, 1.165) is 12.1 Å². The van der Waals surface area contributed by atoms with Gasteiger partial charge in [0, 0.05) is 18.7 Å². The summed E-state index contributed by atoms with van der Waals surface area (Å²) in [4.78, 5) is 9.36. The first-order valence-electron chi connectivity index (χ1n) is 4.48. The molecule has 0 amide bonds. The SMILES string of the molecule is Nc1c(CCO)cc([N+](=O)[O-])cc1S(N)(=O)=O. The van der Waals surface area contributed by atoms with Crippen molar-refractivity contribution in [3.63, 3.8) is 0 Å². The van der Waals surface area contributed by atoms with E-state index in [2.05, 4.69) is 0 Å². The molecule has 0 aliphatic carbocycles. The van der Waals surface area contributed by atoms with Crippen molar-refractivity contribution in [2.75, 3.05) is 12.3 Å². The van der Waals surface area contributed by atoms with E-state index in [1.165, 1.54) is 0 Å². The summed E-state index contributed by atoms with van der Waals surface area (Å²) in [5, 5.41) is 24.3. The molecule has 9 heteroatoms. The Hall–Kier alpha value is -1.71. The number of rotatable bonds is 4. The number of nitro groups is 1. The van der Waals surface area contributed by atoms with Gasteiger partial charge in [-0.2, -0.15) is 0 Å². The number of aliphatic hydroxyl groups excluding tert-OH is 1. The summed E-state index contributed by atoms with van der Waals surface area (Å²) >= 11 is 0. The maximum Gasteiger partial charge on any atom is 0.271 e. The second-order valence-electron chi connectivity index (χ2n) is 3.29. The highest BCUT2D eigenvalue weighted by Crippen LogP contribution is 2.27. The van der Waals surface area contributed by atoms with E-state index in [1.54, 1.807) is 0 Å². The molecule has 8 nitrogen and oxygen atoms in total. The normalized spacial score (nSPS) is 11.4. The molecule has 0 fully saturated rings. The van der Waals surface area contributed by atoms with Crippen LogP contribution in [0.3, 0.4) is 0 Å². The highest BCUT2D eigenvalue weighted by atomic mass is 32.2. The topological polar surface area (TPSA) is 150 Å². The number of benzene rings is 1. The summed E-state index contributed by atoms with van der Waals surface area (Å²) in [7, 11) is -4.14. The summed E-state index contributed by atoms with van der Waals surface area (Å²) < 4.78 is 22.4. The summed E-state index contributed by atoms with van der Waals surface area (Å²) in [6.07, 6.45) is 0.00995.